The van der Waals surface area contributed by atoms with E-state index in [1.165, 1.54) is 37.7 Å². The zero-order chi connectivity index (χ0) is 14.3. The summed E-state index contributed by atoms with van der Waals surface area (Å²) in [6.45, 7) is 8.72. The molecule has 0 radical (unpaired) electrons. The van der Waals surface area contributed by atoms with Gasteiger partial charge in [-0.05, 0) is 38.0 Å². The highest BCUT2D eigenvalue weighted by Gasteiger charge is 2.77. The molecule has 2 atom stereocenters. The second-order valence-electron chi connectivity index (χ2n) is 7.14. The summed E-state index contributed by atoms with van der Waals surface area (Å²) in [6.07, 6.45) is 8.52. The molecular weight excluding hydrogens is 236 g/mol. The molecule has 0 aromatic heterocycles. The van der Waals surface area contributed by atoms with Gasteiger partial charge in [0.05, 0.1) is 12.5 Å². The highest BCUT2D eigenvalue weighted by Crippen LogP contribution is 2.75. The van der Waals surface area contributed by atoms with E-state index >= 15 is 0 Å². The average Bonchev–Trinajstić information content (AvgIpc) is 2.86. The molecule has 0 N–H and O–H groups in total. The zero-order valence-corrected chi connectivity index (χ0v) is 13.1. The minimum Gasteiger partial charge on any atom is -0.469 e. The van der Waals surface area contributed by atoms with Crippen LogP contribution in [0.1, 0.15) is 59.8 Å². The molecule has 0 aromatic carbocycles. The Balaban J connectivity index is 2.36. The quantitative estimate of drug-likeness (QED) is 0.559. The van der Waals surface area contributed by atoms with Crippen molar-refractivity contribution in [3.8, 4) is 0 Å². The second kappa shape index (κ2) is 4.96. The van der Waals surface area contributed by atoms with Crippen molar-refractivity contribution < 1.29 is 9.53 Å². The number of carbonyl (C=O) groups is 1. The molecule has 19 heavy (non-hydrogen) atoms. The molecule has 2 aliphatic carbocycles. The lowest BCUT2D eigenvalue weighted by atomic mass is 9.73. The fourth-order valence-electron chi connectivity index (χ4n) is 4.57. The first-order chi connectivity index (χ1) is 8.89. The smallest absolute Gasteiger partial charge is 0.313 e. The summed E-state index contributed by atoms with van der Waals surface area (Å²) < 4.78 is 5.21. The Morgan fingerprint density at radius 1 is 1.16 bits per heavy atom. The third kappa shape index (κ3) is 2.04. The van der Waals surface area contributed by atoms with E-state index in [1.807, 2.05) is 0 Å². The van der Waals surface area contributed by atoms with E-state index in [2.05, 4.69) is 33.8 Å². The number of allylic oxidation sites excluding steroid dienone is 2. The van der Waals surface area contributed by atoms with Crippen molar-refractivity contribution in [3.63, 3.8) is 0 Å². The van der Waals surface area contributed by atoms with Gasteiger partial charge in [-0.25, -0.2) is 0 Å². The van der Waals surface area contributed by atoms with Crippen LogP contribution in [0.3, 0.4) is 0 Å². The molecule has 2 nitrogen and oxygen atoms in total. The maximum absolute atomic E-state index is 12.6. The van der Waals surface area contributed by atoms with Gasteiger partial charge in [0, 0.05) is 5.92 Å². The summed E-state index contributed by atoms with van der Waals surface area (Å²) in [5.41, 5.74) is 1.08. The molecule has 0 amide bonds. The highest BCUT2D eigenvalue weighted by atomic mass is 16.5. The monoisotopic (exact) mass is 264 g/mol. The molecule has 0 aliphatic heterocycles. The van der Waals surface area contributed by atoms with Crippen molar-refractivity contribution in [2.45, 2.75) is 59.8 Å². The lowest BCUT2D eigenvalue weighted by molar-refractivity contribution is -0.152. The second-order valence-corrected chi connectivity index (χ2v) is 7.14. The minimum atomic E-state index is -0.264. The van der Waals surface area contributed by atoms with Crippen molar-refractivity contribution in [2.75, 3.05) is 7.11 Å². The molecule has 0 heterocycles. The number of ether oxygens (including phenoxy) is 1. The van der Waals surface area contributed by atoms with Gasteiger partial charge in [0.15, 0.2) is 0 Å². The van der Waals surface area contributed by atoms with E-state index < -0.39 is 0 Å². The van der Waals surface area contributed by atoms with Gasteiger partial charge in [-0.1, -0.05) is 44.8 Å². The Morgan fingerprint density at radius 2 is 1.74 bits per heavy atom. The Kier molecular flexibility index (Phi) is 3.81. The zero-order valence-electron chi connectivity index (χ0n) is 13.1. The summed E-state index contributed by atoms with van der Waals surface area (Å²) in [5, 5.41) is 0. The third-order valence-electron chi connectivity index (χ3n) is 5.52. The average molecular weight is 264 g/mol. The highest BCUT2D eigenvalue weighted by molar-refractivity contribution is 5.84. The first-order valence-corrected chi connectivity index (χ1v) is 7.62. The standard InChI is InChI=1S/C17H28O2/c1-12(2)11-14-16(3,4)17(14,15(18)19-5)13-9-7-6-8-10-13/h11,13-14H,6-10H2,1-5H3. The minimum absolute atomic E-state index is 0.0203. The molecule has 2 aliphatic rings. The molecule has 2 heteroatoms. The first kappa shape index (κ1) is 14.6. The van der Waals surface area contributed by atoms with Gasteiger partial charge in [-0.15, -0.1) is 0 Å². The van der Waals surface area contributed by atoms with Crippen molar-refractivity contribution in [2.24, 2.45) is 22.7 Å². The molecule has 2 unspecified atom stereocenters. The third-order valence-corrected chi connectivity index (χ3v) is 5.52. The van der Waals surface area contributed by atoms with Crippen LogP contribution in [0.4, 0.5) is 0 Å². The van der Waals surface area contributed by atoms with Crippen LogP contribution in [0.25, 0.3) is 0 Å². The van der Waals surface area contributed by atoms with E-state index in [0.29, 0.717) is 11.8 Å². The van der Waals surface area contributed by atoms with Crippen LogP contribution in [0, 0.1) is 22.7 Å². The number of hydrogen-bond donors (Lipinski definition) is 0. The van der Waals surface area contributed by atoms with Gasteiger partial charge in [0.1, 0.15) is 0 Å². The fraction of sp³-hybridized carbons (Fsp3) is 0.824. The number of hydrogen-bond acceptors (Lipinski definition) is 2. The Labute approximate surface area is 117 Å². The van der Waals surface area contributed by atoms with Gasteiger partial charge >= 0.3 is 5.97 Å². The molecule has 0 saturated heterocycles. The van der Waals surface area contributed by atoms with Gasteiger partial charge in [0.2, 0.25) is 0 Å². The topological polar surface area (TPSA) is 26.3 Å². The summed E-state index contributed by atoms with van der Waals surface area (Å²) in [4.78, 5) is 12.6. The van der Waals surface area contributed by atoms with Crippen molar-refractivity contribution in [1.29, 1.82) is 0 Å². The predicted octanol–water partition coefficient (Wildman–Crippen LogP) is 4.35. The van der Waals surface area contributed by atoms with Crippen molar-refractivity contribution >= 4 is 5.97 Å². The van der Waals surface area contributed by atoms with Gasteiger partial charge < -0.3 is 4.74 Å². The van der Waals surface area contributed by atoms with Crippen LogP contribution in [0.15, 0.2) is 11.6 Å². The lowest BCUT2D eigenvalue weighted by Gasteiger charge is -2.31. The molecule has 2 fully saturated rings. The Hall–Kier alpha value is -0.790. The lowest BCUT2D eigenvalue weighted by Crippen LogP contribution is -2.33. The van der Waals surface area contributed by atoms with E-state index in [1.54, 1.807) is 7.11 Å². The molecule has 108 valence electrons. The Morgan fingerprint density at radius 3 is 2.21 bits per heavy atom. The number of rotatable bonds is 3. The predicted molar refractivity (Wildman–Crippen MR) is 77.7 cm³/mol. The van der Waals surface area contributed by atoms with Crippen molar-refractivity contribution in [1.82, 2.24) is 0 Å². The summed E-state index contributed by atoms with van der Waals surface area (Å²) >= 11 is 0. The van der Waals surface area contributed by atoms with Gasteiger partial charge in [-0.3, -0.25) is 4.79 Å². The summed E-state index contributed by atoms with van der Waals surface area (Å²) in [5.74, 6) is 0.872. The molecular formula is C17H28O2. The van der Waals surface area contributed by atoms with Crippen LogP contribution in [-0.4, -0.2) is 13.1 Å². The van der Waals surface area contributed by atoms with Crippen molar-refractivity contribution in [3.05, 3.63) is 11.6 Å². The normalized spacial score (nSPS) is 33.6. The van der Waals surface area contributed by atoms with E-state index in [4.69, 9.17) is 4.74 Å². The van der Waals surface area contributed by atoms with Gasteiger partial charge in [0.25, 0.3) is 0 Å². The van der Waals surface area contributed by atoms with E-state index in [-0.39, 0.29) is 16.8 Å². The number of carbonyl (C=O) groups excluding carboxylic acids is 1. The largest absolute Gasteiger partial charge is 0.469 e. The Bertz CT molecular complexity index is 384. The van der Waals surface area contributed by atoms with Crippen LogP contribution in [0.5, 0.6) is 0 Å². The maximum Gasteiger partial charge on any atom is 0.313 e. The molecule has 0 aromatic rings. The van der Waals surface area contributed by atoms with Crippen LogP contribution < -0.4 is 0 Å². The molecule has 2 rings (SSSR count). The van der Waals surface area contributed by atoms with Crippen LogP contribution >= 0.6 is 0 Å². The number of methoxy groups -OCH3 is 1. The first-order valence-electron chi connectivity index (χ1n) is 7.62. The fourth-order valence-corrected chi connectivity index (χ4v) is 4.57. The molecule has 0 bridgehead atoms. The number of esters is 1. The maximum atomic E-state index is 12.6. The van der Waals surface area contributed by atoms with Gasteiger partial charge in [-0.2, -0.15) is 0 Å². The van der Waals surface area contributed by atoms with E-state index in [0.717, 1.165) is 0 Å². The summed E-state index contributed by atoms with van der Waals surface area (Å²) in [7, 11) is 1.54. The SMILES string of the molecule is COC(=O)C1(C2CCCCC2)C(C=C(C)C)C1(C)C. The molecule has 0 spiro atoms. The van der Waals surface area contributed by atoms with Crippen LogP contribution in [0.2, 0.25) is 0 Å². The van der Waals surface area contributed by atoms with Crippen LogP contribution in [-0.2, 0) is 9.53 Å². The van der Waals surface area contributed by atoms with E-state index in [9.17, 15) is 4.79 Å². The molecule has 2 saturated carbocycles. The summed E-state index contributed by atoms with van der Waals surface area (Å²) in [6, 6.07) is 0.